The number of rotatable bonds is 4. The molecule has 0 amide bonds. The number of fused-ring (bicyclic) bond motifs is 1. The van der Waals surface area contributed by atoms with E-state index in [2.05, 4.69) is 5.32 Å². The summed E-state index contributed by atoms with van der Waals surface area (Å²) in [6.45, 7) is -0.192. The summed E-state index contributed by atoms with van der Waals surface area (Å²) in [4.78, 5) is 0.577. The summed E-state index contributed by atoms with van der Waals surface area (Å²) in [5.74, 6) is 0.453. The number of benzene rings is 1. The number of nitrogens with one attached hydrogen (secondary N) is 1. The second kappa shape index (κ2) is 5.95. The van der Waals surface area contributed by atoms with E-state index in [9.17, 15) is 13.2 Å². The zero-order chi connectivity index (χ0) is 13.1. The number of hydrogen-bond acceptors (Lipinski definition) is 3. The molecule has 0 saturated heterocycles. The minimum atomic E-state index is -2.76. The maximum atomic E-state index is 13.6. The largest absolute Gasteiger partial charge is 0.386 e. The maximum absolute atomic E-state index is 13.6. The molecule has 1 aromatic carbocycles. The lowest BCUT2D eigenvalue weighted by Crippen LogP contribution is -2.35. The van der Waals surface area contributed by atoms with Gasteiger partial charge in [0.25, 0.3) is 6.43 Å². The summed E-state index contributed by atoms with van der Waals surface area (Å²) in [6.07, 6.45) is -3.71. The van der Waals surface area contributed by atoms with Gasteiger partial charge in [-0.25, -0.2) is 13.2 Å². The summed E-state index contributed by atoms with van der Waals surface area (Å²) in [7, 11) is 0. The van der Waals surface area contributed by atoms with Crippen LogP contribution >= 0.6 is 11.8 Å². The van der Waals surface area contributed by atoms with E-state index in [-0.39, 0.29) is 18.4 Å². The summed E-state index contributed by atoms with van der Waals surface area (Å²) in [6, 6.07) is 4.61. The standard InChI is InChI=1S/C12H14F3NOS/c13-8-3-1-2-7-9(4-5-18-11(7)8)16-6-10(17)12(14)15/h1-3,9-10,12,16-17H,4-6H2. The quantitative estimate of drug-likeness (QED) is 0.887. The van der Waals surface area contributed by atoms with Crippen LogP contribution < -0.4 is 5.32 Å². The van der Waals surface area contributed by atoms with Gasteiger partial charge in [-0.2, -0.15) is 0 Å². The highest BCUT2D eigenvalue weighted by Gasteiger charge is 2.24. The highest BCUT2D eigenvalue weighted by atomic mass is 32.2. The Kier molecular flexibility index (Phi) is 4.53. The molecule has 100 valence electrons. The van der Waals surface area contributed by atoms with Crippen molar-refractivity contribution < 1.29 is 18.3 Å². The third-order valence-electron chi connectivity index (χ3n) is 2.89. The molecular weight excluding hydrogens is 263 g/mol. The third-order valence-corrected chi connectivity index (χ3v) is 4.05. The molecule has 2 N–H and O–H groups in total. The molecule has 0 aliphatic carbocycles. The number of aliphatic hydroxyl groups excluding tert-OH is 1. The molecule has 1 heterocycles. The Morgan fingerprint density at radius 1 is 1.44 bits per heavy atom. The van der Waals surface area contributed by atoms with Crippen molar-refractivity contribution in [3.63, 3.8) is 0 Å². The van der Waals surface area contributed by atoms with Crippen LogP contribution in [-0.4, -0.2) is 29.9 Å². The molecule has 0 spiro atoms. The minimum absolute atomic E-state index is 0.176. The molecule has 1 aromatic rings. The second-order valence-corrected chi connectivity index (χ2v) is 5.26. The minimum Gasteiger partial charge on any atom is -0.386 e. The van der Waals surface area contributed by atoms with Crippen LogP contribution in [0.2, 0.25) is 0 Å². The van der Waals surface area contributed by atoms with Gasteiger partial charge in [0, 0.05) is 17.5 Å². The Balaban J connectivity index is 2.06. The van der Waals surface area contributed by atoms with Crippen LogP contribution in [0.3, 0.4) is 0 Å². The van der Waals surface area contributed by atoms with Gasteiger partial charge in [0.2, 0.25) is 0 Å². The molecule has 0 saturated carbocycles. The molecule has 1 aliphatic rings. The maximum Gasteiger partial charge on any atom is 0.265 e. The average Bonchev–Trinajstić information content (AvgIpc) is 2.36. The van der Waals surface area contributed by atoms with Gasteiger partial charge < -0.3 is 10.4 Å². The fourth-order valence-electron chi connectivity index (χ4n) is 1.95. The third kappa shape index (κ3) is 2.99. The van der Waals surface area contributed by atoms with Crippen molar-refractivity contribution in [1.29, 1.82) is 0 Å². The normalized spacial score (nSPS) is 20.8. The number of hydrogen-bond donors (Lipinski definition) is 2. The van der Waals surface area contributed by atoms with Crippen LogP contribution in [0.25, 0.3) is 0 Å². The molecule has 0 radical (unpaired) electrons. The van der Waals surface area contributed by atoms with E-state index in [1.807, 2.05) is 0 Å². The van der Waals surface area contributed by atoms with Gasteiger partial charge in [-0.1, -0.05) is 12.1 Å². The lowest BCUT2D eigenvalue weighted by atomic mass is 10.0. The van der Waals surface area contributed by atoms with Crippen LogP contribution in [0.4, 0.5) is 13.2 Å². The zero-order valence-electron chi connectivity index (χ0n) is 9.57. The van der Waals surface area contributed by atoms with Crippen molar-refractivity contribution in [2.24, 2.45) is 0 Å². The Bertz CT molecular complexity index is 416. The van der Waals surface area contributed by atoms with Crippen LogP contribution in [-0.2, 0) is 0 Å². The van der Waals surface area contributed by atoms with Crippen molar-refractivity contribution in [3.05, 3.63) is 29.6 Å². The molecular formula is C12H14F3NOS. The van der Waals surface area contributed by atoms with Gasteiger partial charge in [0.15, 0.2) is 0 Å². The Labute approximate surface area is 108 Å². The predicted molar refractivity (Wildman–Crippen MR) is 64.5 cm³/mol. The molecule has 6 heteroatoms. The molecule has 1 aliphatic heterocycles. The Morgan fingerprint density at radius 3 is 2.94 bits per heavy atom. The molecule has 18 heavy (non-hydrogen) atoms. The number of alkyl halides is 2. The van der Waals surface area contributed by atoms with E-state index in [1.54, 1.807) is 12.1 Å². The lowest BCUT2D eigenvalue weighted by molar-refractivity contribution is -0.00476. The summed E-state index contributed by atoms with van der Waals surface area (Å²) >= 11 is 1.43. The highest BCUT2D eigenvalue weighted by molar-refractivity contribution is 7.99. The van der Waals surface area contributed by atoms with Crippen LogP contribution in [0.5, 0.6) is 0 Å². The molecule has 0 aromatic heterocycles. The van der Waals surface area contributed by atoms with E-state index in [0.29, 0.717) is 4.90 Å². The Morgan fingerprint density at radius 2 is 2.22 bits per heavy atom. The van der Waals surface area contributed by atoms with Crippen molar-refractivity contribution >= 4 is 11.8 Å². The lowest BCUT2D eigenvalue weighted by Gasteiger charge is -2.27. The summed E-state index contributed by atoms with van der Waals surface area (Å²) in [5.41, 5.74) is 0.785. The first-order valence-corrected chi connectivity index (χ1v) is 6.69. The van der Waals surface area contributed by atoms with E-state index in [4.69, 9.17) is 5.11 Å². The fourth-order valence-corrected chi connectivity index (χ4v) is 3.09. The highest BCUT2D eigenvalue weighted by Crippen LogP contribution is 2.37. The first-order valence-electron chi connectivity index (χ1n) is 5.70. The van der Waals surface area contributed by atoms with Crippen molar-refractivity contribution in [1.82, 2.24) is 5.32 Å². The average molecular weight is 277 g/mol. The smallest absolute Gasteiger partial charge is 0.265 e. The van der Waals surface area contributed by atoms with Gasteiger partial charge in [-0.05, 0) is 23.8 Å². The van der Waals surface area contributed by atoms with E-state index in [1.165, 1.54) is 17.8 Å². The zero-order valence-corrected chi connectivity index (χ0v) is 10.4. The van der Waals surface area contributed by atoms with E-state index in [0.717, 1.165) is 17.7 Å². The number of thioether (sulfide) groups is 1. The van der Waals surface area contributed by atoms with Crippen molar-refractivity contribution in [2.45, 2.75) is 29.9 Å². The molecule has 2 unspecified atom stereocenters. The first-order chi connectivity index (χ1) is 8.59. The molecule has 0 fully saturated rings. The molecule has 2 nitrogen and oxygen atoms in total. The predicted octanol–water partition coefficient (Wildman–Crippen LogP) is 2.58. The summed E-state index contributed by atoms with van der Waals surface area (Å²) < 4.78 is 37.9. The Hall–Kier alpha value is -0.720. The number of halogens is 3. The molecule has 2 atom stereocenters. The second-order valence-electron chi connectivity index (χ2n) is 4.16. The van der Waals surface area contributed by atoms with E-state index >= 15 is 0 Å². The van der Waals surface area contributed by atoms with E-state index < -0.39 is 12.5 Å². The van der Waals surface area contributed by atoms with Gasteiger partial charge in [-0.15, -0.1) is 11.8 Å². The van der Waals surface area contributed by atoms with Gasteiger partial charge in [0.1, 0.15) is 11.9 Å². The monoisotopic (exact) mass is 277 g/mol. The molecule has 0 bridgehead atoms. The van der Waals surface area contributed by atoms with Gasteiger partial charge in [-0.3, -0.25) is 0 Å². The SMILES string of the molecule is OC(CNC1CCSc2c(F)cccc21)C(F)F. The first kappa shape index (κ1) is 13.7. The molecule has 2 rings (SSSR count). The topological polar surface area (TPSA) is 32.3 Å². The van der Waals surface area contributed by atoms with Crippen LogP contribution in [0.1, 0.15) is 18.0 Å². The van der Waals surface area contributed by atoms with Crippen LogP contribution in [0, 0.1) is 5.82 Å². The van der Waals surface area contributed by atoms with Crippen LogP contribution in [0.15, 0.2) is 23.1 Å². The van der Waals surface area contributed by atoms with Crippen molar-refractivity contribution in [2.75, 3.05) is 12.3 Å². The van der Waals surface area contributed by atoms with Gasteiger partial charge >= 0.3 is 0 Å². The van der Waals surface area contributed by atoms with Crippen molar-refractivity contribution in [3.8, 4) is 0 Å². The number of aliphatic hydroxyl groups is 1. The van der Waals surface area contributed by atoms with Gasteiger partial charge in [0.05, 0.1) is 0 Å². The fraction of sp³-hybridized carbons (Fsp3) is 0.500. The summed E-state index contributed by atoms with van der Waals surface area (Å²) in [5, 5.41) is 11.9.